The summed E-state index contributed by atoms with van der Waals surface area (Å²) in [5, 5.41) is 7.18. The first-order chi connectivity index (χ1) is 9.92. The van der Waals surface area contributed by atoms with Gasteiger partial charge in [-0.05, 0) is 14.0 Å². The van der Waals surface area contributed by atoms with Crippen molar-refractivity contribution >= 4 is 27.4 Å². The molecule has 1 unspecified atom stereocenters. The number of sulfone groups is 1. The zero-order valence-electron chi connectivity index (χ0n) is 13.1. The Bertz CT molecular complexity index is 598. The maximum atomic E-state index is 12.4. The largest absolute Gasteiger partial charge is 0.338 e. The van der Waals surface area contributed by atoms with Crippen molar-refractivity contribution in [3.05, 3.63) is 11.3 Å². The van der Waals surface area contributed by atoms with Gasteiger partial charge in [-0.15, -0.1) is 0 Å². The molecule has 1 N–H and O–H groups in total. The standard InChI is InChI=1S/C13H24N4O2S2/c1-5-21(18,19)12-9-20-7-6-17(12)13-11(8-14-3)10(2)15-16(13)4/h12,14H,5-9H2,1-4H3. The lowest BCUT2D eigenvalue weighted by molar-refractivity contribution is 0.575. The van der Waals surface area contributed by atoms with E-state index in [9.17, 15) is 8.42 Å². The predicted octanol–water partition coefficient (Wildman–Crippen LogP) is 0.762. The minimum Gasteiger partial charge on any atom is -0.338 e. The van der Waals surface area contributed by atoms with Crippen molar-refractivity contribution in [2.75, 3.05) is 35.8 Å². The molecule has 0 bridgehead atoms. The molecule has 120 valence electrons. The van der Waals surface area contributed by atoms with Gasteiger partial charge in [-0.25, -0.2) is 8.42 Å². The summed E-state index contributed by atoms with van der Waals surface area (Å²) in [6.07, 6.45) is 0. The number of anilines is 1. The van der Waals surface area contributed by atoms with E-state index in [-0.39, 0.29) is 5.75 Å². The zero-order valence-corrected chi connectivity index (χ0v) is 14.7. The summed E-state index contributed by atoms with van der Waals surface area (Å²) in [5.74, 6) is 2.68. The van der Waals surface area contributed by atoms with Gasteiger partial charge in [0.15, 0.2) is 9.84 Å². The predicted molar refractivity (Wildman–Crippen MR) is 88.6 cm³/mol. The van der Waals surface area contributed by atoms with E-state index >= 15 is 0 Å². The maximum Gasteiger partial charge on any atom is 0.171 e. The van der Waals surface area contributed by atoms with Gasteiger partial charge in [-0.3, -0.25) is 4.68 Å². The van der Waals surface area contributed by atoms with Crippen LogP contribution in [-0.2, 0) is 23.4 Å². The molecule has 1 aromatic heterocycles. The fourth-order valence-corrected chi connectivity index (χ4v) is 5.72. The second-order valence-electron chi connectivity index (χ2n) is 5.22. The lowest BCUT2D eigenvalue weighted by Gasteiger charge is -2.36. The van der Waals surface area contributed by atoms with Crippen molar-refractivity contribution < 1.29 is 8.42 Å². The molecule has 2 heterocycles. The zero-order chi connectivity index (χ0) is 15.6. The lowest BCUT2D eigenvalue weighted by Crippen LogP contribution is -2.49. The molecular formula is C13H24N4O2S2. The summed E-state index contributed by atoms with van der Waals surface area (Å²) >= 11 is 1.71. The smallest absolute Gasteiger partial charge is 0.171 e. The van der Waals surface area contributed by atoms with Crippen LogP contribution in [0.15, 0.2) is 0 Å². The number of hydrogen-bond acceptors (Lipinski definition) is 6. The molecule has 8 heteroatoms. The maximum absolute atomic E-state index is 12.4. The number of nitrogens with zero attached hydrogens (tertiary/aromatic N) is 3. The second-order valence-corrected chi connectivity index (χ2v) is 8.81. The van der Waals surface area contributed by atoms with E-state index in [2.05, 4.69) is 10.4 Å². The molecular weight excluding hydrogens is 308 g/mol. The normalized spacial score (nSPS) is 20.0. The highest BCUT2D eigenvalue weighted by molar-refractivity contribution is 8.01. The molecule has 0 saturated carbocycles. The molecule has 0 aromatic carbocycles. The molecule has 2 rings (SSSR count). The van der Waals surface area contributed by atoms with E-state index < -0.39 is 15.2 Å². The molecule has 0 spiro atoms. The van der Waals surface area contributed by atoms with Crippen LogP contribution in [0.1, 0.15) is 18.2 Å². The van der Waals surface area contributed by atoms with E-state index in [1.54, 1.807) is 18.7 Å². The van der Waals surface area contributed by atoms with Gasteiger partial charge < -0.3 is 10.2 Å². The van der Waals surface area contributed by atoms with Crippen LogP contribution in [-0.4, -0.2) is 54.4 Å². The lowest BCUT2D eigenvalue weighted by atomic mass is 10.2. The SMILES string of the molecule is CCS(=O)(=O)C1CSCCN1c1c(CNC)c(C)nn1C. The van der Waals surface area contributed by atoms with E-state index in [1.807, 2.05) is 30.6 Å². The Balaban J connectivity index is 2.47. The van der Waals surface area contributed by atoms with E-state index in [0.717, 1.165) is 29.4 Å². The highest BCUT2D eigenvalue weighted by atomic mass is 32.2. The Morgan fingerprint density at radius 2 is 2.19 bits per heavy atom. The van der Waals surface area contributed by atoms with Crippen LogP contribution in [0.25, 0.3) is 0 Å². The number of hydrogen-bond donors (Lipinski definition) is 1. The molecule has 0 aliphatic carbocycles. The van der Waals surface area contributed by atoms with Crippen molar-refractivity contribution in [2.45, 2.75) is 25.8 Å². The van der Waals surface area contributed by atoms with Gasteiger partial charge in [0.25, 0.3) is 0 Å². The van der Waals surface area contributed by atoms with E-state index in [1.165, 1.54) is 0 Å². The van der Waals surface area contributed by atoms with Crippen LogP contribution in [0.3, 0.4) is 0 Å². The topological polar surface area (TPSA) is 67.2 Å². The quantitative estimate of drug-likeness (QED) is 0.859. The summed E-state index contributed by atoms with van der Waals surface area (Å²) in [6.45, 7) is 5.12. The number of thioether (sulfide) groups is 1. The fourth-order valence-electron chi connectivity index (χ4n) is 2.75. The number of aromatic nitrogens is 2. The van der Waals surface area contributed by atoms with Gasteiger partial charge in [0.2, 0.25) is 0 Å². The van der Waals surface area contributed by atoms with Crippen molar-refractivity contribution in [3.63, 3.8) is 0 Å². The van der Waals surface area contributed by atoms with Crippen LogP contribution in [0.5, 0.6) is 0 Å². The second kappa shape index (κ2) is 6.58. The minimum atomic E-state index is -3.11. The summed E-state index contributed by atoms with van der Waals surface area (Å²) in [5.41, 5.74) is 2.04. The third-order valence-electron chi connectivity index (χ3n) is 3.84. The van der Waals surface area contributed by atoms with Crippen LogP contribution in [0.4, 0.5) is 5.82 Å². The molecule has 0 radical (unpaired) electrons. The third-order valence-corrected chi connectivity index (χ3v) is 7.13. The van der Waals surface area contributed by atoms with Gasteiger partial charge in [0.05, 0.1) is 5.69 Å². The Kier molecular flexibility index (Phi) is 5.21. The Hall–Kier alpha value is -0.730. The first-order valence-corrected chi connectivity index (χ1v) is 10.0. The van der Waals surface area contributed by atoms with Crippen LogP contribution < -0.4 is 10.2 Å². The molecule has 1 fully saturated rings. The molecule has 1 aromatic rings. The molecule has 1 aliphatic rings. The monoisotopic (exact) mass is 332 g/mol. The van der Waals surface area contributed by atoms with Gasteiger partial charge in [-0.2, -0.15) is 16.9 Å². The van der Waals surface area contributed by atoms with Crippen molar-refractivity contribution in [3.8, 4) is 0 Å². The first-order valence-electron chi connectivity index (χ1n) is 7.15. The molecule has 0 amide bonds. The van der Waals surface area contributed by atoms with Gasteiger partial charge in [0.1, 0.15) is 11.2 Å². The van der Waals surface area contributed by atoms with Crippen LogP contribution in [0.2, 0.25) is 0 Å². The minimum absolute atomic E-state index is 0.174. The molecule has 6 nitrogen and oxygen atoms in total. The van der Waals surface area contributed by atoms with Gasteiger partial charge in [-0.1, -0.05) is 6.92 Å². The Labute approximate surface area is 131 Å². The third kappa shape index (κ3) is 3.22. The van der Waals surface area contributed by atoms with Crippen LogP contribution in [0, 0.1) is 6.92 Å². The highest BCUT2D eigenvalue weighted by Crippen LogP contribution is 2.31. The number of nitrogens with one attached hydrogen (secondary N) is 1. The highest BCUT2D eigenvalue weighted by Gasteiger charge is 2.35. The fraction of sp³-hybridized carbons (Fsp3) is 0.769. The molecule has 1 atom stereocenters. The summed E-state index contributed by atoms with van der Waals surface area (Å²) < 4.78 is 26.7. The summed E-state index contributed by atoms with van der Waals surface area (Å²) in [4.78, 5) is 2.03. The molecule has 1 aliphatic heterocycles. The number of rotatable bonds is 5. The van der Waals surface area contributed by atoms with Crippen molar-refractivity contribution in [2.24, 2.45) is 7.05 Å². The average molecular weight is 332 g/mol. The van der Waals surface area contributed by atoms with E-state index in [0.29, 0.717) is 12.3 Å². The summed E-state index contributed by atoms with van der Waals surface area (Å²) in [6, 6.07) is 0. The average Bonchev–Trinajstić information content (AvgIpc) is 2.74. The molecule has 1 saturated heterocycles. The number of aryl methyl sites for hydroxylation is 2. The Morgan fingerprint density at radius 3 is 2.81 bits per heavy atom. The molecule has 21 heavy (non-hydrogen) atoms. The van der Waals surface area contributed by atoms with Gasteiger partial charge >= 0.3 is 0 Å². The van der Waals surface area contributed by atoms with Crippen molar-refractivity contribution in [1.82, 2.24) is 15.1 Å². The van der Waals surface area contributed by atoms with E-state index in [4.69, 9.17) is 0 Å². The first kappa shape index (κ1) is 16.6. The van der Waals surface area contributed by atoms with Crippen LogP contribution >= 0.6 is 11.8 Å². The summed E-state index contributed by atoms with van der Waals surface area (Å²) in [7, 11) is 0.665. The Morgan fingerprint density at radius 1 is 1.48 bits per heavy atom. The van der Waals surface area contributed by atoms with Crippen molar-refractivity contribution in [1.29, 1.82) is 0 Å². The van der Waals surface area contributed by atoms with Gasteiger partial charge in [0, 0.05) is 43.0 Å².